The highest BCUT2D eigenvalue weighted by Crippen LogP contribution is 2.37. The third-order valence-electron chi connectivity index (χ3n) is 3.49. The van der Waals surface area contributed by atoms with Crippen molar-refractivity contribution in [3.63, 3.8) is 0 Å². The van der Waals surface area contributed by atoms with Crippen LogP contribution >= 0.6 is 11.3 Å². The maximum absolute atomic E-state index is 12.0. The van der Waals surface area contributed by atoms with Crippen LogP contribution in [0.2, 0.25) is 0 Å². The minimum atomic E-state index is -0.282. The molecule has 2 aromatic rings. The Hall–Kier alpha value is -1.76. The zero-order valence-corrected chi connectivity index (χ0v) is 11.1. The average Bonchev–Trinajstić information content (AvgIpc) is 2.83. The van der Waals surface area contributed by atoms with Gasteiger partial charge in [-0.2, -0.15) is 0 Å². The minimum Gasteiger partial charge on any atom is -0.295 e. The quantitative estimate of drug-likeness (QED) is 0.895. The zero-order valence-electron chi connectivity index (χ0n) is 10.3. The van der Waals surface area contributed by atoms with Gasteiger partial charge in [-0.1, -0.05) is 0 Å². The van der Waals surface area contributed by atoms with E-state index in [2.05, 4.69) is 25.5 Å². The van der Waals surface area contributed by atoms with Crippen molar-refractivity contribution in [2.75, 3.05) is 5.32 Å². The van der Waals surface area contributed by atoms with E-state index in [4.69, 9.17) is 0 Å². The van der Waals surface area contributed by atoms with Crippen LogP contribution in [0.1, 0.15) is 52.2 Å². The van der Waals surface area contributed by atoms with Crippen molar-refractivity contribution in [2.24, 2.45) is 0 Å². The number of carbonyl (C=O) groups is 1. The van der Waals surface area contributed by atoms with Gasteiger partial charge in [0, 0.05) is 10.8 Å². The Kier molecular flexibility index (Phi) is 2.41. The zero-order chi connectivity index (χ0) is 12.8. The second kappa shape index (κ2) is 4.12. The SMILES string of the molecule is O=C(Nc1nc2c(s1)CCC2)c1n[nH]c(C2CC2)n1. The Morgan fingerprint density at radius 2 is 2.21 bits per heavy atom. The van der Waals surface area contributed by atoms with Crippen LogP contribution in [0.4, 0.5) is 5.13 Å². The van der Waals surface area contributed by atoms with E-state index in [1.54, 1.807) is 11.3 Å². The number of rotatable bonds is 3. The fourth-order valence-corrected chi connectivity index (χ4v) is 3.36. The number of aryl methyl sites for hydroxylation is 2. The monoisotopic (exact) mass is 275 g/mol. The first kappa shape index (κ1) is 11.1. The lowest BCUT2D eigenvalue weighted by Crippen LogP contribution is -2.13. The summed E-state index contributed by atoms with van der Waals surface area (Å²) in [5.74, 6) is 1.22. The molecule has 7 heteroatoms. The van der Waals surface area contributed by atoms with Gasteiger partial charge in [0.25, 0.3) is 5.91 Å². The Labute approximate surface area is 113 Å². The molecular formula is C12H13N5OS. The topological polar surface area (TPSA) is 83.6 Å². The highest BCUT2D eigenvalue weighted by atomic mass is 32.1. The predicted octanol–water partition coefficient (Wildman–Crippen LogP) is 1.88. The minimum absolute atomic E-state index is 0.206. The summed E-state index contributed by atoms with van der Waals surface area (Å²) in [5.41, 5.74) is 1.13. The summed E-state index contributed by atoms with van der Waals surface area (Å²) in [5, 5.41) is 10.2. The van der Waals surface area contributed by atoms with Crippen LogP contribution in [0, 0.1) is 0 Å². The first-order chi connectivity index (χ1) is 9.29. The normalized spacial score (nSPS) is 17.5. The summed E-state index contributed by atoms with van der Waals surface area (Å²) in [7, 11) is 0. The number of thiazole rings is 1. The van der Waals surface area contributed by atoms with Crippen molar-refractivity contribution < 1.29 is 4.79 Å². The van der Waals surface area contributed by atoms with Crippen molar-refractivity contribution in [3.05, 3.63) is 22.2 Å². The van der Waals surface area contributed by atoms with Gasteiger partial charge in [-0.3, -0.25) is 15.2 Å². The van der Waals surface area contributed by atoms with Gasteiger partial charge >= 0.3 is 0 Å². The fraction of sp³-hybridized carbons (Fsp3) is 0.500. The molecule has 1 amide bonds. The third kappa shape index (κ3) is 2.03. The van der Waals surface area contributed by atoms with Crippen molar-refractivity contribution in [2.45, 2.75) is 38.0 Å². The number of nitrogens with zero attached hydrogens (tertiary/aromatic N) is 3. The van der Waals surface area contributed by atoms with Gasteiger partial charge in [0.15, 0.2) is 5.13 Å². The van der Waals surface area contributed by atoms with E-state index in [1.165, 1.54) is 11.3 Å². The molecule has 0 bridgehead atoms. The molecule has 0 saturated heterocycles. The number of hydrogen-bond donors (Lipinski definition) is 2. The first-order valence-corrected chi connectivity index (χ1v) is 7.33. The molecule has 2 heterocycles. The molecule has 2 N–H and O–H groups in total. The number of aromatic amines is 1. The second-order valence-corrected chi connectivity index (χ2v) is 6.10. The van der Waals surface area contributed by atoms with Crippen LogP contribution in [-0.2, 0) is 12.8 Å². The molecule has 1 fully saturated rings. The Balaban J connectivity index is 1.49. The summed E-state index contributed by atoms with van der Waals surface area (Å²) in [6, 6.07) is 0. The molecule has 0 aromatic carbocycles. The molecule has 1 saturated carbocycles. The summed E-state index contributed by atoms with van der Waals surface area (Å²) in [4.78, 5) is 22.0. The van der Waals surface area contributed by atoms with E-state index < -0.39 is 0 Å². The van der Waals surface area contributed by atoms with E-state index in [-0.39, 0.29) is 11.7 Å². The smallest absolute Gasteiger partial charge is 0.295 e. The maximum Gasteiger partial charge on any atom is 0.297 e. The lowest BCUT2D eigenvalue weighted by molar-refractivity contribution is 0.101. The van der Waals surface area contributed by atoms with Crippen molar-refractivity contribution in [3.8, 4) is 0 Å². The van der Waals surface area contributed by atoms with Gasteiger partial charge in [0.05, 0.1) is 5.69 Å². The van der Waals surface area contributed by atoms with E-state index in [0.717, 1.165) is 37.2 Å². The Morgan fingerprint density at radius 3 is 3.00 bits per heavy atom. The summed E-state index contributed by atoms with van der Waals surface area (Å²) in [6.07, 6.45) is 5.54. The van der Waals surface area contributed by atoms with E-state index in [1.807, 2.05) is 0 Å². The molecule has 0 unspecified atom stereocenters. The summed E-state index contributed by atoms with van der Waals surface area (Å²) in [6.45, 7) is 0. The number of aromatic nitrogens is 4. The van der Waals surface area contributed by atoms with Crippen LogP contribution in [0.25, 0.3) is 0 Å². The molecule has 0 aliphatic heterocycles. The molecule has 0 atom stereocenters. The molecular weight excluding hydrogens is 262 g/mol. The number of hydrogen-bond acceptors (Lipinski definition) is 5. The van der Waals surface area contributed by atoms with Gasteiger partial charge in [0.2, 0.25) is 5.82 Å². The number of nitrogens with one attached hydrogen (secondary N) is 2. The molecule has 19 heavy (non-hydrogen) atoms. The van der Waals surface area contributed by atoms with Crippen molar-refractivity contribution in [1.29, 1.82) is 0 Å². The Bertz CT molecular complexity index is 621. The maximum atomic E-state index is 12.0. The number of fused-ring (bicyclic) bond motifs is 1. The first-order valence-electron chi connectivity index (χ1n) is 6.52. The van der Waals surface area contributed by atoms with E-state index in [9.17, 15) is 4.79 Å². The van der Waals surface area contributed by atoms with Crippen molar-refractivity contribution >= 4 is 22.4 Å². The lowest BCUT2D eigenvalue weighted by Gasteiger charge is -1.96. The molecule has 2 aromatic heterocycles. The molecule has 6 nitrogen and oxygen atoms in total. The van der Waals surface area contributed by atoms with E-state index >= 15 is 0 Å². The van der Waals surface area contributed by atoms with Gasteiger partial charge < -0.3 is 0 Å². The van der Waals surface area contributed by atoms with Crippen LogP contribution in [0.5, 0.6) is 0 Å². The highest BCUT2D eigenvalue weighted by Gasteiger charge is 2.28. The highest BCUT2D eigenvalue weighted by molar-refractivity contribution is 7.15. The molecule has 4 rings (SSSR count). The van der Waals surface area contributed by atoms with Gasteiger partial charge in [-0.05, 0) is 32.1 Å². The van der Waals surface area contributed by atoms with Gasteiger partial charge in [0.1, 0.15) is 5.82 Å². The summed E-state index contributed by atoms with van der Waals surface area (Å²) >= 11 is 1.56. The lowest BCUT2D eigenvalue weighted by atomic mass is 10.4. The fourth-order valence-electron chi connectivity index (χ4n) is 2.31. The number of amides is 1. The van der Waals surface area contributed by atoms with Crippen LogP contribution in [0.3, 0.4) is 0 Å². The molecule has 0 spiro atoms. The Morgan fingerprint density at radius 1 is 1.32 bits per heavy atom. The average molecular weight is 275 g/mol. The number of anilines is 1. The van der Waals surface area contributed by atoms with Crippen molar-refractivity contribution in [1.82, 2.24) is 20.2 Å². The van der Waals surface area contributed by atoms with Crippen LogP contribution < -0.4 is 5.32 Å². The molecule has 2 aliphatic carbocycles. The van der Waals surface area contributed by atoms with Crippen LogP contribution in [0.15, 0.2) is 0 Å². The standard InChI is InChI=1S/C12H13N5OS/c18-11(10-14-9(16-17-10)6-4-5-6)15-12-13-7-2-1-3-8(7)19-12/h6H,1-5H2,(H,13,15,18)(H,14,16,17). The van der Waals surface area contributed by atoms with Gasteiger partial charge in [-0.15, -0.1) is 16.4 Å². The van der Waals surface area contributed by atoms with Gasteiger partial charge in [-0.25, -0.2) is 9.97 Å². The predicted molar refractivity (Wildman–Crippen MR) is 70.4 cm³/mol. The third-order valence-corrected chi connectivity index (χ3v) is 4.56. The number of H-pyrrole nitrogens is 1. The van der Waals surface area contributed by atoms with Crippen LogP contribution in [-0.4, -0.2) is 26.1 Å². The summed E-state index contributed by atoms with van der Waals surface area (Å²) < 4.78 is 0. The molecule has 0 radical (unpaired) electrons. The second-order valence-electron chi connectivity index (χ2n) is 5.02. The molecule has 2 aliphatic rings. The molecule has 98 valence electrons. The van der Waals surface area contributed by atoms with E-state index in [0.29, 0.717) is 11.0 Å². The number of carbonyl (C=O) groups excluding carboxylic acids is 1. The largest absolute Gasteiger partial charge is 0.297 e.